The van der Waals surface area contributed by atoms with Gasteiger partial charge in [-0.15, -0.1) is 0 Å². The highest BCUT2D eigenvalue weighted by atomic mass is 19.3. The van der Waals surface area contributed by atoms with Gasteiger partial charge in [0, 0.05) is 6.42 Å². The monoisotopic (exact) mass is 396 g/mol. The lowest BCUT2D eigenvalue weighted by atomic mass is 9.80. The molecule has 29 heavy (non-hydrogen) atoms. The van der Waals surface area contributed by atoms with Crippen molar-refractivity contribution in [2.75, 3.05) is 6.61 Å². The fourth-order valence-corrected chi connectivity index (χ4v) is 3.82. The first-order valence-electron chi connectivity index (χ1n) is 9.54. The Morgan fingerprint density at radius 2 is 1.24 bits per heavy atom. The normalized spacial score (nSPS) is 21.2. The third-order valence-electron chi connectivity index (χ3n) is 5.21. The highest BCUT2D eigenvalue weighted by Crippen LogP contribution is 2.42. The van der Waals surface area contributed by atoms with Crippen molar-refractivity contribution < 1.29 is 23.4 Å². The summed E-state index contributed by atoms with van der Waals surface area (Å²) < 4.78 is 39.0. The highest BCUT2D eigenvalue weighted by molar-refractivity contribution is 5.47. The number of alkyl halides is 2. The maximum absolute atomic E-state index is 13.7. The average Bonchev–Trinajstić information content (AvgIpc) is 3.02. The summed E-state index contributed by atoms with van der Waals surface area (Å²) in [7, 11) is 0. The molecule has 4 rings (SSSR count). The van der Waals surface area contributed by atoms with Crippen molar-refractivity contribution >= 4 is 0 Å². The van der Waals surface area contributed by atoms with E-state index in [0.717, 1.165) is 16.7 Å². The molecule has 1 heterocycles. The Bertz CT molecular complexity index is 820. The second kappa shape index (κ2) is 8.03. The molecule has 0 spiro atoms. The number of ether oxygens (including phenoxy) is 2. The van der Waals surface area contributed by atoms with Crippen molar-refractivity contribution in [1.29, 1.82) is 0 Å². The zero-order valence-corrected chi connectivity index (χ0v) is 15.7. The van der Waals surface area contributed by atoms with Gasteiger partial charge >= 0.3 is 0 Å². The lowest BCUT2D eigenvalue weighted by Crippen LogP contribution is -2.35. The minimum absolute atomic E-state index is 0.0919. The molecule has 0 amide bonds. The van der Waals surface area contributed by atoms with Gasteiger partial charge in [0.2, 0.25) is 6.29 Å². The summed E-state index contributed by atoms with van der Waals surface area (Å²) in [6, 6.07) is 29.0. The van der Waals surface area contributed by atoms with E-state index in [-0.39, 0.29) is 6.61 Å². The van der Waals surface area contributed by atoms with Crippen LogP contribution in [-0.4, -0.2) is 30.0 Å². The maximum atomic E-state index is 13.7. The summed E-state index contributed by atoms with van der Waals surface area (Å²) in [5.74, 6) is -3.27. The Hall–Kier alpha value is -2.60. The van der Waals surface area contributed by atoms with Crippen LogP contribution in [0.1, 0.15) is 23.1 Å². The van der Waals surface area contributed by atoms with Crippen LogP contribution >= 0.6 is 0 Å². The second-order valence-corrected chi connectivity index (χ2v) is 7.17. The van der Waals surface area contributed by atoms with Gasteiger partial charge in [0.25, 0.3) is 5.92 Å². The molecule has 3 nitrogen and oxygen atoms in total. The van der Waals surface area contributed by atoms with Crippen LogP contribution in [0.25, 0.3) is 0 Å². The van der Waals surface area contributed by atoms with E-state index >= 15 is 0 Å². The maximum Gasteiger partial charge on any atom is 0.300 e. The molecular weight excluding hydrogens is 374 g/mol. The molecule has 0 aliphatic carbocycles. The van der Waals surface area contributed by atoms with Crippen LogP contribution in [0.4, 0.5) is 8.78 Å². The number of hydrogen-bond donors (Lipinski definition) is 1. The van der Waals surface area contributed by atoms with Crippen molar-refractivity contribution in [1.82, 2.24) is 0 Å². The van der Waals surface area contributed by atoms with E-state index in [4.69, 9.17) is 9.47 Å². The van der Waals surface area contributed by atoms with Gasteiger partial charge in [0.05, 0.1) is 12.7 Å². The van der Waals surface area contributed by atoms with E-state index in [1.165, 1.54) is 0 Å². The molecule has 0 aromatic heterocycles. The molecular formula is C24H22F2O3. The van der Waals surface area contributed by atoms with Gasteiger partial charge in [-0.05, 0) is 16.7 Å². The summed E-state index contributed by atoms with van der Waals surface area (Å²) in [6.45, 7) is -0.0919. The molecule has 2 atom stereocenters. The van der Waals surface area contributed by atoms with Crippen molar-refractivity contribution in [2.45, 2.75) is 30.3 Å². The van der Waals surface area contributed by atoms with E-state index in [1.807, 2.05) is 91.0 Å². The summed E-state index contributed by atoms with van der Waals surface area (Å²) in [5, 5.41) is 9.48. The predicted octanol–water partition coefficient (Wildman–Crippen LogP) is 4.74. The van der Waals surface area contributed by atoms with E-state index < -0.39 is 30.3 Å². The lowest BCUT2D eigenvalue weighted by molar-refractivity contribution is -0.192. The second-order valence-electron chi connectivity index (χ2n) is 7.17. The molecule has 0 radical (unpaired) electrons. The fourth-order valence-electron chi connectivity index (χ4n) is 3.82. The van der Waals surface area contributed by atoms with E-state index in [9.17, 15) is 13.9 Å². The Kier molecular flexibility index (Phi) is 5.46. The standard InChI is InChI=1S/C24H22F2O3/c25-23(26)16-21(29-22(23)27)17-28-24(18-10-4-1-5-11-18,19-12-6-2-7-13-19)20-14-8-3-9-15-20/h1-15,21-22,27H,16-17H2/t21-,22?/m1/s1. The highest BCUT2D eigenvalue weighted by Gasteiger charge is 2.50. The van der Waals surface area contributed by atoms with Crippen LogP contribution in [0.15, 0.2) is 91.0 Å². The van der Waals surface area contributed by atoms with E-state index in [2.05, 4.69) is 0 Å². The number of halogens is 2. The minimum Gasteiger partial charge on any atom is -0.363 e. The van der Waals surface area contributed by atoms with Gasteiger partial charge in [0.1, 0.15) is 5.60 Å². The summed E-state index contributed by atoms with van der Waals surface area (Å²) in [5.41, 5.74) is 1.63. The first-order valence-corrected chi connectivity index (χ1v) is 9.54. The summed E-state index contributed by atoms with van der Waals surface area (Å²) in [6.07, 6.45) is -3.59. The largest absolute Gasteiger partial charge is 0.363 e. The third kappa shape index (κ3) is 3.81. The minimum atomic E-state index is -3.27. The molecule has 0 saturated carbocycles. The van der Waals surface area contributed by atoms with Gasteiger partial charge < -0.3 is 14.6 Å². The number of rotatable bonds is 6. The SMILES string of the molecule is OC1O[C@@H](COC(c2ccccc2)(c2ccccc2)c2ccccc2)CC1(F)F. The van der Waals surface area contributed by atoms with Crippen LogP contribution in [0.5, 0.6) is 0 Å². The zero-order chi connectivity index (χ0) is 20.3. The van der Waals surface area contributed by atoms with E-state index in [0.29, 0.717) is 0 Å². The quantitative estimate of drug-likeness (QED) is 0.612. The Morgan fingerprint density at radius 3 is 1.59 bits per heavy atom. The topological polar surface area (TPSA) is 38.7 Å². The zero-order valence-electron chi connectivity index (χ0n) is 15.7. The van der Waals surface area contributed by atoms with Crippen LogP contribution in [0.3, 0.4) is 0 Å². The van der Waals surface area contributed by atoms with Gasteiger partial charge in [-0.1, -0.05) is 91.0 Å². The Labute approximate surface area is 168 Å². The van der Waals surface area contributed by atoms with Gasteiger partial charge in [-0.2, -0.15) is 0 Å². The first kappa shape index (κ1) is 19.7. The van der Waals surface area contributed by atoms with Crippen LogP contribution < -0.4 is 0 Å². The molecule has 1 saturated heterocycles. The number of benzene rings is 3. The average molecular weight is 396 g/mol. The van der Waals surface area contributed by atoms with Crippen molar-refractivity contribution in [3.8, 4) is 0 Å². The van der Waals surface area contributed by atoms with Gasteiger partial charge in [-0.25, -0.2) is 8.78 Å². The predicted molar refractivity (Wildman–Crippen MR) is 106 cm³/mol. The molecule has 150 valence electrons. The van der Waals surface area contributed by atoms with E-state index in [1.54, 1.807) is 0 Å². The Morgan fingerprint density at radius 1 is 0.828 bits per heavy atom. The molecule has 1 unspecified atom stereocenters. The van der Waals surface area contributed by atoms with Gasteiger partial charge in [-0.3, -0.25) is 0 Å². The molecule has 3 aromatic rings. The van der Waals surface area contributed by atoms with Crippen molar-refractivity contribution in [3.63, 3.8) is 0 Å². The third-order valence-corrected chi connectivity index (χ3v) is 5.21. The van der Waals surface area contributed by atoms with Crippen molar-refractivity contribution in [3.05, 3.63) is 108 Å². The molecule has 1 aliphatic rings. The number of aliphatic hydroxyl groups excluding tert-OH is 1. The molecule has 1 aliphatic heterocycles. The summed E-state index contributed by atoms with van der Waals surface area (Å²) >= 11 is 0. The number of hydrogen-bond acceptors (Lipinski definition) is 3. The molecule has 3 aromatic carbocycles. The van der Waals surface area contributed by atoms with Crippen LogP contribution in [-0.2, 0) is 15.1 Å². The molecule has 5 heteroatoms. The van der Waals surface area contributed by atoms with Crippen LogP contribution in [0.2, 0.25) is 0 Å². The van der Waals surface area contributed by atoms with Gasteiger partial charge in [0.15, 0.2) is 0 Å². The Balaban J connectivity index is 1.78. The summed E-state index contributed by atoms with van der Waals surface area (Å²) in [4.78, 5) is 0. The smallest absolute Gasteiger partial charge is 0.300 e. The fraction of sp³-hybridized carbons (Fsp3) is 0.250. The molecule has 0 bridgehead atoms. The van der Waals surface area contributed by atoms with Crippen LogP contribution in [0, 0.1) is 0 Å². The lowest BCUT2D eigenvalue weighted by Gasteiger charge is -2.36. The first-order chi connectivity index (χ1) is 14.0. The number of aliphatic hydroxyl groups is 1. The van der Waals surface area contributed by atoms with Crippen molar-refractivity contribution in [2.24, 2.45) is 0 Å². The molecule has 1 fully saturated rings. The molecule has 1 N–H and O–H groups in total.